The molecule has 0 atom stereocenters. The monoisotopic (exact) mass is 565 g/mol. The number of hydrogen-bond donors (Lipinski definition) is 1. The van der Waals surface area contributed by atoms with E-state index in [0.29, 0.717) is 48.1 Å². The number of esters is 1. The normalized spacial score (nSPS) is 10.8. The van der Waals surface area contributed by atoms with Crippen LogP contribution in [0, 0.1) is 6.92 Å². The Labute approximate surface area is 235 Å². The Hall–Kier alpha value is -4.38. The van der Waals surface area contributed by atoms with E-state index in [9.17, 15) is 14.4 Å². The van der Waals surface area contributed by atoms with E-state index in [1.165, 1.54) is 0 Å². The molecule has 4 rings (SSSR count). The Morgan fingerprint density at radius 3 is 2.12 bits per heavy atom. The molecule has 2 aromatic heterocycles. The molecule has 11 heteroatoms. The Kier molecular flexibility index (Phi) is 9.05. The first kappa shape index (κ1) is 28.6. The predicted octanol–water partition coefficient (Wildman–Crippen LogP) is 5.38. The SMILES string of the molecule is CCOC(=O)c1nn(-c2ccc(C)cc2)c(=O)c2c(NC(=O)c3cc(OCC)c(OCC)c(OCC)c3)scc12. The van der Waals surface area contributed by atoms with Crippen LogP contribution in [0.15, 0.2) is 46.6 Å². The number of nitrogens with one attached hydrogen (secondary N) is 1. The zero-order valence-corrected chi connectivity index (χ0v) is 23.8. The Morgan fingerprint density at radius 1 is 0.925 bits per heavy atom. The molecule has 0 fully saturated rings. The van der Waals surface area contributed by atoms with Gasteiger partial charge < -0.3 is 24.3 Å². The molecule has 0 spiro atoms. The number of aromatic nitrogens is 2. The predicted molar refractivity (Wildman–Crippen MR) is 154 cm³/mol. The Balaban J connectivity index is 1.83. The van der Waals surface area contributed by atoms with E-state index < -0.39 is 17.4 Å². The van der Waals surface area contributed by atoms with Crippen LogP contribution in [-0.2, 0) is 4.74 Å². The van der Waals surface area contributed by atoms with Gasteiger partial charge in [-0.15, -0.1) is 11.3 Å². The Bertz CT molecular complexity index is 1560. The zero-order chi connectivity index (χ0) is 28.8. The number of anilines is 1. The molecule has 0 aliphatic carbocycles. The molecule has 0 bridgehead atoms. The molecular formula is C29H31N3O7S. The van der Waals surface area contributed by atoms with Gasteiger partial charge in [0.2, 0.25) is 5.75 Å². The first-order valence-corrected chi connectivity index (χ1v) is 13.9. The van der Waals surface area contributed by atoms with E-state index in [4.69, 9.17) is 18.9 Å². The van der Waals surface area contributed by atoms with Crippen LogP contribution in [0.2, 0.25) is 0 Å². The minimum atomic E-state index is -0.668. The summed E-state index contributed by atoms with van der Waals surface area (Å²) in [4.78, 5) is 40.0. The maximum atomic E-state index is 13.7. The molecular weight excluding hydrogens is 534 g/mol. The van der Waals surface area contributed by atoms with Crippen LogP contribution in [0.3, 0.4) is 0 Å². The van der Waals surface area contributed by atoms with Gasteiger partial charge in [0.1, 0.15) is 5.00 Å². The van der Waals surface area contributed by atoms with Crippen LogP contribution in [0.5, 0.6) is 17.2 Å². The number of thiophene rings is 1. The van der Waals surface area contributed by atoms with Gasteiger partial charge in [0.15, 0.2) is 17.2 Å². The lowest BCUT2D eigenvalue weighted by Crippen LogP contribution is -2.25. The van der Waals surface area contributed by atoms with Gasteiger partial charge in [-0.05, 0) is 58.9 Å². The summed E-state index contributed by atoms with van der Waals surface area (Å²) in [6, 6.07) is 10.3. The smallest absolute Gasteiger partial charge is 0.359 e. The maximum absolute atomic E-state index is 13.7. The molecule has 0 unspecified atom stereocenters. The second-order valence-corrected chi connectivity index (χ2v) is 9.41. The molecule has 0 saturated carbocycles. The van der Waals surface area contributed by atoms with Gasteiger partial charge in [-0.2, -0.15) is 9.78 Å². The summed E-state index contributed by atoms with van der Waals surface area (Å²) in [5, 5.41) is 9.49. The highest BCUT2D eigenvalue weighted by Gasteiger charge is 2.24. The van der Waals surface area contributed by atoms with Crippen molar-refractivity contribution in [2.75, 3.05) is 31.7 Å². The fraction of sp³-hybridized carbons (Fsp3) is 0.310. The summed E-state index contributed by atoms with van der Waals surface area (Å²) >= 11 is 1.12. The molecule has 0 saturated heterocycles. The van der Waals surface area contributed by atoms with E-state index in [0.717, 1.165) is 21.6 Å². The lowest BCUT2D eigenvalue weighted by atomic mass is 10.1. The molecule has 210 valence electrons. The first-order chi connectivity index (χ1) is 19.3. The summed E-state index contributed by atoms with van der Waals surface area (Å²) in [7, 11) is 0. The number of amides is 1. The largest absolute Gasteiger partial charge is 0.490 e. The quantitative estimate of drug-likeness (QED) is 0.241. The number of fused-ring (bicyclic) bond motifs is 1. The standard InChI is InChI=1S/C29H31N3O7S/c1-6-36-21-14-18(15-22(37-7-2)25(21)38-8-3)26(33)30-27-23-20(16-40-27)24(29(35)39-9-4)31-32(28(23)34)19-12-10-17(5)11-13-19/h10-16H,6-9H2,1-5H3,(H,30,33). The van der Waals surface area contributed by atoms with Crippen molar-refractivity contribution < 1.29 is 28.5 Å². The second-order valence-electron chi connectivity index (χ2n) is 8.53. The molecule has 1 amide bonds. The summed E-state index contributed by atoms with van der Waals surface area (Å²) < 4.78 is 23.6. The van der Waals surface area contributed by atoms with Gasteiger partial charge in [0.05, 0.1) is 37.5 Å². The third kappa shape index (κ3) is 5.79. The third-order valence-electron chi connectivity index (χ3n) is 5.80. The third-order valence-corrected chi connectivity index (χ3v) is 6.69. The highest BCUT2D eigenvalue weighted by atomic mass is 32.1. The Morgan fingerprint density at radius 2 is 1.55 bits per heavy atom. The number of carbonyl (C=O) groups excluding carboxylic acids is 2. The van der Waals surface area contributed by atoms with Crippen LogP contribution in [-0.4, -0.2) is 48.1 Å². The van der Waals surface area contributed by atoms with Crippen LogP contribution in [0.25, 0.3) is 16.5 Å². The van der Waals surface area contributed by atoms with Crippen LogP contribution in [0.1, 0.15) is 54.1 Å². The number of benzene rings is 2. The van der Waals surface area contributed by atoms with Crippen LogP contribution in [0.4, 0.5) is 5.00 Å². The van der Waals surface area contributed by atoms with Crippen molar-refractivity contribution in [3.63, 3.8) is 0 Å². The topological polar surface area (TPSA) is 118 Å². The van der Waals surface area contributed by atoms with E-state index in [1.54, 1.807) is 36.6 Å². The second kappa shape index (κ2) is 12.6. The van der Waals surface area contributed by atoms with Crippen molar-refractivity contribution in [1.82, 2.24) is 9.78 Å². The number of aryl methyl sites for hydroxylation is 1. The van der Waals surface area contributed by atoms with E-state index in [-0.39, 0.29) is 28.3 Å². The lowest BCUT2D eigenvalue weighted by molar-refractivity contribution is 0.0520. The molecule has 2 aromatic carbocycles. The molecule has 4 aromatic rings. The molecule has 40 heavy (non-hydrogen) atoms. The molecule has 0 radical (unpaired) electrons. The fourth-order valence-electron chi connectivity index (χ4n) is 4.05. The number of carbonyl (C=O) groups is 2. The number of ether oxygens (including phenoxy) is 4. The summed E-state index contributed by atoms with van der Waals surface area (Å²) in [5.74, 6) is -0.0164. The van der Waals surface area contributed by atoms with Gasteiger partial charge in [-0.25, -0.2) is 4.79 Å². The van der Waals surface area contributed by atoms with Crippen molar-refractivity contribution in [2.24, 2.45) is 0 Å². The molecule has 0 aliphatic rings. The van der Waals surface area contributed by atoms with Gasteiger partial charge in [0, 0.05) is 16.3 Å². The van der Waals surface area contributed by atoms with Gasteiger partial charge >= 0.3 is 5.97 Å². The number of hydrogen-bond acceptors (Lipinski definition) is 9. The van der Waals surface area contributed by atoms with Crippen molar-refractivity contribution in [3.8, 4) is 22.9 Å². The highest BCUT2D eigenvalue weighted by molar-refractivity contribution is 7.16. The summed E-state index contributed by atoms with van der Waals surface area (Å²) in [6.07, 6.45) is 0. The van der Waals surface area contributed by atoms with Crippen LogP contribution < -0.4 is 25.1 Å². The van der Waals surface area contributed by atoms with E-state index >= 15 is 0 Å². The minimum Gasteiger partial charge on any atom is -0.490 e. The lowest BCUT2D eigenvalue weighted by Gasteiger charge is -2.17. The van der Waals surface area contributed by atoms with Crippen molar-refractivity contribution in [2.45, 2.75) is 34.6 Å². The van der Waals surface area contributed by atoms with Gasteiger partial charge in [-0.1, -0.05) is 17.7 Å². The molecule has 2 heterocycles. The minimum absolute atomic E-state index is 0.0212. The summed E-state index contributed by atoms with van der Waals surface area (Å²) in [5.41, 5.74) is 1.21. The number of rotatable bonds is 11. The van der Waals surface area contributed by atoms with Crippen molar-refractivity contribution >= 4 is 39.0 Å². The van der Waals surface area contributed by atoms with Crippen molar-refractivity contribution in [1.29, 1.82) is 0 Å². The highest BCUT2D eigenvalue weighted by Crippen LogP contribution is 2.40. The van der Waals surface area contributed by atoms with Gasteiger partial charge in [0.25, 0.3) is 11.5 Å². The first-order valence-electron chi connectivity index (χ1n) is 13.0. The van der Waals surface area contributed by atoms with Crippen LogP contribution >= 0.6 is 11.3 Å². The average molecular weight is 566 g/mol. The van der Waals surface area contributed by atoms with Gasteiger partial charge in [-0.3, -0.25) is 9.59 Å². The molecule has 0 aliphatic heterocycles. The molecule has 10 nitrogen and oxygen atoms in total. The molecule has 1 N–H and O–H groups in total. The average Bonchev–Trinajstić information content (AvgIpc) is 3.35. The van der Waals surface area contributed by atoms with E-state index in [2.05, 4.69) is 10.4 Å². The zero-order valence-electron chi connectivity index (χ0n) is 23.0. The maximum Gasteiger partial charge on any atom is 0.359 e. The number of nitrogens with zero attached hydrogens (tertiary/aromatic N) is 2. The van der Waals surface area contributed by atoms with Crippen molar-refractivity contribution in [3.05, 3.63) is 69.0 Å². The summed E-state index contributed by atoms with van der Waals surface area (Å²) in [6.45, 7) is 10.4. The van der Waals surface area contributed by atoms with E-state index in [1.807, 2.05) is 39.8 Å². The fourth-order valence-corrected chi connectivity index (χ4v) is 4.98.